The molecule has 0 amide bonds. The van der Waals surface area contributed by atoms with Crippen molar-refractivity contribution in [2.24, 2.45) is 0 Å². The molecule has 0 N–H and O–H groups in total. The Morgan fingerprint density at radius 1 is 1.00 bits per heavy atom. The normalized spacial score (nSPS) is 13.1. The number of phosphoric ester groups is 1. The van der Waals surface area contributed by atoms with Crippen LogP contribution < -0.4 is 0 Å². The van der Waals surface area contributed by atoms with Gasteiger partial charge in [-0.05, 0) is 34.6 Å². The fourth-order valence-corrected chi connectivity index (χ4v) is 1.73. The molecule has 5 nitrogen and oxygen atoms in total. The first-order valence-electron chi connectivity index (χ1n) is 5.00. The van der Waals surface area contributed by atoms with E-state index in [4.69, 9.17) is 18.3 Å². The van der Waals surface area contributed by atoms with Crippen LogP contribution in [0.15, 0.2) is 0 Å². The fourth-order valence-electron chi connectivity index (χ4n) is 0.696. The fraction of sp³-hybridized carbons (Fsp3) is 1.00. The van der Waals surface area contributed by atoms with Crippen molar-refractivity contribution >= 4 is 7.82 Å². The third-order valence-electron chi connectivity index (χ3n) is 1.28. The van der Waals surface area contributed by atoms with E-state index in [0.717, 1.165) is 0 Å². The Bertz CT molecular complexity index is 201. The van der Waals surface area contributed by atoms with Crippen LogP contribution in [0.25, 0.3) is 0 Å². The summed E-state index contributed by atoms with van der Waals surface area (Å²) in [6.07, 6.45) is 0. The third kappa shape index (κ3) is 7.94. The minimum atomic E-state index is -3.43. The predicted octanol–water partition coefficient (Wildman–Crippen LogP) is 2.96. The van der Waals surface area contributed by atoms with Crippen molar-refractivity contribution in [2.75, 3.05) is 20.0 Å². The van der Waals surface area contributed by atoms with Gasteiger partial charge >= 0.3 is 7.82 Å². The number of rotatable bonds is 7. The van der Waals surface area contributed by atoms with E-state index >= 15 is 0 Å². The highest BCUT2D eigenvalue weighted by Crippen LogP contribution is 2.49. The molecule has 92 valence electrons. The lowest BCUT2D eigenvalue weighted by molar-refractivity contribution is -0.0881. The van der Waals surface area contributed by atoms with E-state index in [1.807, 2.05) is 20.8 Å². The Hall–Kier alpha value is 0.0700. The number of phosphoric acid groups is 1. The molecule has 0 aliphatic heterocycles. The zero-order chi connectivity index (χ0) is 11.9. The Morgan fingerprint density at radius 2 is 1.47 bits per heavy atom. The Kier molecular flexibility index (Phi) is 6.64. The van der Waals surface area contributed by atoms with Crippen molar-refractivity contribution in [3.05, 3.63) is 0 Å². The van der Waals surface area contributed by atoms with Gasteiger partial charge in [-0.2, -0.15) is 0 Å². The van der Waals surface area contributed by atoms with Crippen LogP contribution in [0, 0.1) is 0 Å². The molecule has 0 unspecified atom stereocenters. The standard InChI is InChI=1S/C9H21O5P/c1-6-12-15(10,13-7-2)14-8-11-9(3,4)5/h6-8H2,1-5H3. The summed E-state index contributed by atoms with van der Waals surface area (Å²) in [6, 6.07) is 0. The summed E-state index contributed by atoms with van der Waals surface area (Å²) in [5, 5.41) is 0. The summed E-state index contributed by atoms with van der Waals surface area (Å²) in [4.78, 5) is 0. The van der Waals surface area contributed by atoms with Crippen LogP contribution in [-0.2, 0) is 22.9 Å². The minimum absolute atomic E-state index is 0.110. The second-order valence-electron chi connectivity index (χ2n) is 3.79. The number of hydrogen-bond acceptors (Lipinski definition) is 5. The van der Waals surface area contributed by atoms with Gasteiger partial charge in [0.2, 0.25) is 0 Å². The van der Waals surface area contributed by atoms with Crippen molar-refractivity contribution in [1.82, 2.24) is 0 Å². The highest BCUT2D eigenvalue weighted by Gasteiger charge is 2.26. The first kappa shape index (κ1) is 15.1. The smallest absolute Gasteiger partial charge is 0.349 e. The van der Waals surface area contributed by atoms with Gasteiger partial charge in [0.05, 0.1) is 18.8 Å². The van der Waals surface area contributed by atoms with E-state index in [0.29, 0.717) is 0 Å². The maximum Gasteiger partial charge on any atom is 0.476 e. The van der Waals surface area contributed by atoms with E-state index < -0.39 is 7.82 Å². The van der Waals surface area contributed by atoms with Crippen molar-refractivity contribution in [1.29, 1.82) is 0 Å². The summed E-state index contributed by atoms with van der Waals surface area (Å²) >= 11 is 0. The Morgan fingerprint density at radius 3 is 1.80 bits per heavy atom. The van der Waals surface area contributed by atoms with Crippen molar-refractivity contribution < 1.29 is 22.9 Å². The lowest BCUT2D eigenvalue weighted by atomic mass is 10.2. The zero-order valence-electron chi connectivity index (χ0n) is 10.1. The molecule has 0 spiro atoms. The topological polar surface area (TPSA) is 54.0 Å². The molecule has 0 bridgehead atoms. The predicted molar refractivity (Wildman–Crippen MR) is 57.6 cm³/mol. The second-order valence-corrected chi connectivity index (χ2v) is 5.46. The number of ether oxygens (including phenoxy) is 1. The van der Waals surface area contributed by atoms with Gasteiger partial charge in [0.15, 0.2) is 6.79 Å². The molecule has 6 heteroatoms. The van der Waals surface area contributed by atoms with E-state index in [9.17, 15) is 4.57 Å². The van der Waals surface area contributed by atoms with Crippen LogP contribution in [-0.4, -0.2) is 25.6 Å². The van der Waals surface area contributed by atoms with E-state index in [-0.39, 0.29) is 25.6 Å². The third-order valence-corrected chi connectivity index (χ3v) is 2.85. The average Bonchev–Trinajstić information content (AvgIpc) is 2.01. The second kappa shape index (κ2) is 6.61. The quantitative estimate of drug-likeness (QED) is 0.505. The molecule has 0 rings (SSSR count). The highest BCUT2D eigenvalue weighted by molar-refractivity contribution is 7.48. The maximum absolute atomic E-state index is 11.8. The molecule has 0 saturated carbocycles. The zero-order valence-corrected chi connectivity index (χ0v) is 11.0. The Balaban J connectivity index is 4.02. The van der Waals surface area contributed by atoms with Crippen LogP contribution in [0.1, 0.15) is 34.6 Å². The van der Waals surface area contributed by atoms with E-state index in [1.165, 1.54) is 0 Å². The van der Waals surface area contributed by atoms with Crippen LogP contribution in [0.5, 0.6) is 0 Å². The summed E-state index contributed by atoms with van der Waals surface area (Å²) in [7, 11) is -3.43. The van der Waals surface area contributed by atoms with Crippen LogP contribution in [0.3, 0.4) is 0 Å². The monoisotopic (exact) mass is 240 g/mol. The lowest BCUT2D eigenvalue weighted by Gasteiger charge is -2.21. The first-order chi connectivity index (χ1) is 6.83. The van der Waals surface area contributed by atoms with Gasteiger partial charge in [-0.1, -0.05) is 0 Å². The molecule has 0 atom stereocenters. The molecule has 15 heavy (non-hydrogen) atoms. The SMILES string of the molecule is CCOP(=O)(OCC)OCOC(C)(C)C. The molecule has 0 heterocycles. The minimum Gasteiger partial charge on any atom is -0.349 e. The van der Waals surface area contributed by atoms with Gasteiger partial charge < -0.3 is 4.74 Å². The van der Waals surface area contributed by atoms with E-state index in [2.05, 4.69) is 0 Å². The number of hydrogen-bond donors (Lipinski definition) is 0. The van der Waals surface area contributed by atoms with Gasteiger partial charge in [-0.3, -0.25) is 13.6 Å². The molecule has 0 fully saturated rings. The molecule has 0 aliphatic carbocycles. The van der Waals surface area contributed by atoms with E-state index in [1.54, 1.807) is 13.8 Å². The van der Waals surface area contributed by atoms with Crippen molar-refractivity contribution in [2.45, 2.75) is 40.2 Å². The Labute approximate surface area is 91.7 Å². The molecule has 0 radical (unpaired) electrons. The van der Waals surface area contributed by atoms with Crippen molar-refractivity contribution in [3.63, 3.8) is 0 Å². The molecule has 0 aromatic carbocycles. The summed E-state index contributed by atoms with van der Waals surface area (Å²) in [6.45, 7) is 9.51. The summed E-state index contributed by atoms with van der Waals surface area (Å²) in [5.74, 6) is 0. The first-order valence-corrected chi connectivity index (χ1v) is 6.46. The van der Waals surface area contributed by atoms with Gasteiger partial charge in [0, 0.05) is 0 Å². The van der Waals surface area contributed by atoms with Gasteiger partial charge in [-0.15, -0.1) is 0 Å². The van der Waals surface area contributed by atoms with Gasteiger partial charge in [0.25, 0.3) is 0 Å². The largest absolute Gasteiger partial charge is 0.476 e. The summed E-state index contributed by atoms with van der Waals surface area (Å²) < 4.78 is 31.8. The van der Waals surface area contributed by atoms with Crippen LogP contribution in [0.2, 0.25) is 0 Å². The average molecular weight is 240 g/mol. The van der Waals surface area contributed by atoms with Crippen LogP contribution in [0.4, 0.5) is 0 Å². The maximum atomic E-state index is 11.8. The van der Waals surface area contributed by atoms with Crippen LogP contribution >= 0.6 is 7.82 Å². The van der Waals surface area contributed by atoms with Crippen molar-refractivity contribution in [3.8, 4) is 0 Å². The molecule has 0 aliphatic rings. The molecular formula is C9H21O5P. The summed E-state index contributed by atoms with van der Waals surface area (Å²) in [5.41, 5.74) is -0.344. The molecular weight excluding hydrogens is 219 g/mol. The molecule has 0 aromatic rings. The van der Waals surface area contributed by atoms with Gasteiger partial charge in [0.1, 0.15) is 0 Å². The molecule has 0 saturated heterocycles. The lowest BCUT2D eigenvalue weighted by Crippen LogP contribution is -2.20. The molecule has 0 aromatic heterocycles. The van der Waals surface area contributed by atoms with Gasteiger partial charge in [-0.25, -0.2) is 4.57 Å². The highest BCUT2D eigenvalue weighted by atomic mass is 31.2.